The summed E-state index contributed by atoms with van der Waals surface area (Å²) in [6.07, 6.45) is 0.924. The van der Waals surface area contributed by atoms with Gasteiger partial charge in [-0.25, -0.2) is 0 Å². The lowest BCUT2D eigenvalue weighted by atomic mass is 10.1. The van der Waals surface area contributed by atoms with Gasteiger partial charge in [0.2, 0.25) is 0 Å². The van der Waals surface area contributed by atoms with Crippen LogP contribution in [0, 0.1) is 0 Å². The molecule has 1 nitrogen and oxygen atoms in total. The van der Waals surface area contributed by atoms with Crippen molar-refractivity contribution in [1.29, 1.82) is 0 Å². The summed E-state index contributed by atoms with van der Waals surface area (Å²) in [6.45, 7) is 2.10. The second-order valence-electron chi connectivity index (χ2n) is 4.21. The highest BCUT2D eigenvalue weighted by atomic mass is 35.5. The van der Waals surface area contributed by atoms with Crippen LogP contribution in [-0.2, 0) is 0 Å². The molecule has 19 heavy (non-hydrogen) atoms. The summed E-state index contributed by atoms with van der Waals surface area (Å²) < 4.78 is 0.801. The monoisotopic (exact) mass is 331 g/mol. The molecule has 0 saturated heterocycles. The zero-order valence-electron chi connectivity index (χ0n) is 10.5. The molecule has 0 saturated carbocycles. The first-order chi connectivity index (χ1) is 9.10. The van der Waals surface area contributed by atoms with Gasteiger partial charge in [0.15, 0.2) is 0 Å². The summed E-state index contributed by atoms with van der Waals surface area (Å²) >= 11 is 15.4. The predicted octanol–water partition coefficient (Wildman–Crippen LogP) is 5.63. The van der Waals surface area contributed by atoms with Gasteiger partial charge in [0.05, 0.1) is 9.59 Å². The molecule has 0 bridgehead atoms. The van der Waals surface area contributed by atoms with E-state index in [1.807, 2.05) is 24.3 Å². The van der Waals surface area contributed by atoms with Crippen LogP contribution in [0.1, 0.15) is 23.5 Å². The van der Waals surface area contributed by atoms with Gasteiger partial charge in [-0.05, 0) is 36.8 Å². The molecule has 0 fully saturated rings. The van der Waals surface area contributed by atoms with Crippen LogP contribution in [-0.4, -0.2) is 6.04 Å². The summed E-state index contributed by atoms with van der Waals surface area (Å²) in [6, 6.07) is 11.9. The maximum Gasteiger partial charge on any atom is 0.0931 e. The molecule has 2 aromatic rings. The fraction of sp³-hybridized carbons (Fsp3) is 0.286. The maximum absolute atomic E-state index is 6.25. The van der Waals surface area contributed by atoms with E-state index in [0.717, 1.165) is 20.7 Å². The molecule has 2 rings (SSSR count). The van der Waals surface area contributed by atoms with Gasteiger partial charge in [-0.3, -0.25) is 0 Å². The Labute approximate surface area is 132 Å². The third kappa shape index (κ3) is 4.14. The molecule has 0 aliphatic rings. The fourth-order valence-corrected chi connectivity index (χ4v) is 4.61. The smallest absolute Gasteiger partial charge is 0.0931 e. The van der Waals surface area contributed by atoms with Gasteiger partial charge >= 0.3 is 0 Å². The normalized spacial score (nSPS) is 14.3. The second kappa shape index (κ2) is 7.00. The minimum Gasteiger partial charge on any atom is -0.326 e. The molecule has 2 atom stereocenters. The van der Waals surface area contributed by atoms with E-state index in [0.29, 0.717) is 0 Å². The average molecular weight is 332 g/mol. The molecular weight excluding hydrogens is 317 g/mol. The zero-order valence-corrected chi connectivity index (χ0v) is 13.6. The summed E-state index contributed by atoms with van der Waals surface area (Å²) in [5.74, 6) is 0. The van der Waals surface area contributed by atoms with E-state index >= 15 is 0 Å². The van der Waals surface area contributed by atoms with Crippen LogP contribution in [0.4, 0.5) is 0 Å². The van der Waals surface area contributed by atoms with Crippen molar-refractivity contribution in [2.45, 2.75) is 29.5 Å². The third-order valence-corrected chi connectivity index (χ3v) is 5.88. The van der Waals surface area contributed by atoms with Crippen LogP contribution < -0.4 is 5.73 Å². The van der Waals surface area contributed by atoms with Crippen LogP contribution in [0.3, 0.4) is 0 Å². The number of nitrogens with two attached hydrogens (primary N) is 1. The Morgan fingerprint density at radius 2 is 2.05 bits per heavy atom. The van der Waals surface area contributed by atoms with Crippen molar-refractivity contribution in [2.24, 2.45) is 5.73 Å². The largest absolute Gasteiger partial charge is 0.326 e. The van der Waals surface area contributed by atoms with Crippen molar-refractivity contribution in [2.75, 3.05) is 0 Å². The quantitative estimate of drug-likeness (QED) is 0.719. The Morgan fingerprint density at radius 3 is 2.63 bits per heavy atom. The van der Waals surface area contributed by atoms with Crippen molar-refractivity contribution in [3.05, 3.63) is 50.6 Å². The predicted molar refractivity (Wildman–Crippen MR) is 87.6 cm³/mol. The molecular formula is C14H15Cl2NS2. The number of hydrogen-bond donors (Lipinski definition) is 1. The molecule has 0 aliphatic carbocycles. The van der Waals surface area contributed by atoms with E-state index in [9.17, 15) is 0 Å². The van der Waals surface area contributed by atoms with E-state index < -0.39 is 0 Å². The first-order valence-corrected chi connectivity index (χ1v) is 8.48. The Hall–Kier alpha value is -0.190. The highest BCUT2D eigenvalue weighted by molar-refractivity contribution is 7.99. The van der Waals surface area contributed by atoms with Gasteiger partial charge in [0.25, 0.3) is 0 Å². The van der Waals surface area contributed by atoms with Crippen molar-refractivity contribution in [1.82, 2.24) is 0 Å². The Bertz CT molecular complexity index is 542. The van der Waals surface area contributed by atoms with E-state index in [2.05, 4.69) is 19.1 Å². The first-order valence-electron chi connectivity index (χ1n) is 6.03. The molecule has 102 valence electrons. The van der Waals surface area contributed by atoms with Gasteiger partial charge in [0.1, 0.15) is 0 Å². The number of hydrogen-bond acceptors (Lipinski definition) is 3. The lowest BCUT2D eigenvalue weighted by Crippen LogP contribution is -2.25. The number of thiophene rings is 1. The number of thioether (sulfide) groups is 1. The van der Waals surface area contributed by atoms with E-state index in [4.69, 9.17) is 28.9 Å². The standard InChI is InChI=1S/C14H15Cl2NS2/c1-2-11(17)14(12-6-7-13(16)19-12)18-10-5-3-4-9(15)8-10/h3-8,11,14H,2,17H2,1H3. The van der Waals surface area contributed by atoms with Crippen LogP contribution >= 0.6 is 46.3 Å². The van der Waals surface area contributed by atoms with Crippen molar-refractivity contribution in [3.8, 4) is 0 Å². The van der Waals surface area contributed by atoms with Gasteiger partial charge in [-0.2, -0.15) is 0 Å². The molecule has 1 aromatic heterocycles. The molecule has 1 aromatic carbocycles. The third-order valence-electron chi connectivity index (χ3n) is 2.79. The molecule has 5 heteroatoms. The van der Waals surface area contributed by atoms with Crippen LogP contribution in [0.2, 0.25) is 9.36 Å². The molecule has 2 unspecified atom stereocenters. The summed E-state index contributed by atoms with van der Waals surface area (Å²) in [7, 11) is 0. The topological polar surface area (TPSA) is 26.0 Å². The SMILES string of the molecule is CCC(N)C(Sc1cccc(Cl)c1)c1ccc(Cl)s1. The number of halogens is 2. The molecule has 0 amide bonds. The highest BCUT2D eigenvalue weighted by Gasteiger charge is 2.21. The van der Waals surface area contributed by atoms with Crippen molar-refractivity contribution >= 4 is 46.3 Å². The summed E-state index contributed by atoms with van der Waals surface area (Å²) in [5.41, 5.74) is 6.25. The second-order valence-corrected chi connectivity index (χ2v) is 7.61. The summed E-state index contributed by atoms with van der Waals surface area (Å²) in [4.78, 5) is 2.34. The van der Waals surface area contributed by atoms with Crippen LogP contribution in [0.25, 0.3) is 0 Å². The molecule has 0 spiro atoms. The average Bonchev–Trinajstić information content (AvgIpc) is 2.81. The Balaban J connectivity index is 2.24. The van der Waals surface area contributed by atoms with Crippen molar-refractivity contribution in [3.63, 3.8) is 0 Å². The van der Waals surface area contributed by atoms with Gasteiger partial charge < -0.3 is 5.73 Å². The molecule has 1 heterocycles. The minimum absolute atomic E-state index is 0.0960. The van der Waals surface area contributed by atoms with E-state index in [-0.39, 0.29) is 11.3 Å². The number of rotatable bonds is 5. The summed E-state index contributed by atoms with van der Waals surface area (Å²) in [5, 5.41) is 0.957. The van der Waals surface area contributed by atoms with Gasteiger partial charge in [-0.1, -0.05) is 36.2 Å². The first kappa shape index (κ1) is 15.2. The van der Waals surface area contributed by atoms with Gasteiger partial charge in [-0.15, -0.1) is 23.1 Å². The Morgan fingerprint density at radius 1 is 1.26 bits per heavy atom. The molecule has 0 radical (unpaired) electrons. The lowest BCUT2D eigenvalue weighted by Gasteiger charge is -2.21. The molecule has 0 aliphatic heterocycles. The zero-order chi connectivity index (χ0) is 13.8. The van der Waals surface area contributed by atoms with E-state index in [1.165, 1.54) is 4.88 Å². The number of benzene rings is 1. The van der Waals surface area contributed by atoms with Gasteiger partial charge in [0, 0.05) is 20.8 Å². The van der Waals surface area contributed by atoms with Crippen LogP contribution in [0.5, 0.6) is 0 Å². The maximum atomic E-state index is 6.25. The fourth-order valence-electron chi connectivity index (χ4n) is 1.74. The van der Waals surface area contributed by atoms with Crippen LogP contribution in [0.15, 0.2) is 41.3 Å². The van der Waals surface area contributed by atoms with Crippen molar-refractivity contribution < 1.29 is 0 Å². The lowest BCUT2D eigenvalue weighted by molar-refractivity contribution is 0.640. The minimum atomic E-state index is 0.0960. The highest BCUT2D eigenvalue weighted by Crippen LogP contribution is 2.42. The Kier molecular flexibility index (Phi) is 5.60. The van der Waals surface area contributed by atoms with E-state index in [1.54, 1.807) is 23.1 Å². The molecule has 2 N–H and O–H groups in total.